The Morgan fingerprint density at radius 3 is 2.33 bits per heavy atom. The maximum atomic E-state index is 12.2. The number of carbonyl (C=O) groups is 1. The van der Waals surface area contributed by atoms with Crippen molar-refractivity contribution in [2.24, 2.45) is 0 Å². The number of likely N-dealkylation sites (tertiary alicyclic amines) is 1. The highest BCUT2D eigenvalue weighted by molar-refractivity contribution is 6.30. The molecule has 1 saturated heterocycles. The summed E-state index contributed by atoms with van der Waals surface area (Å²) in [6.45, 7) is 3.05. The zero-order valence-corrected chi connectivity index (χ0v) is 14.5. The Morgan fingerprint density at radius 2 is 1.67 bits per heavy atom. The first-order valence-electron chi connectivity index (χ1n) is 8.49. The molecule has 0 radical (unpaired) electrons. The molecule has 24 heavy (non-hydrogen) atoms. The van der Waals surface area contributed by atoms with Gasteiger partial charge in [0.15, 0.2) is 0 Å². The number of carbonyl (C=O) groups excluding carboxylic acids is 1. The van der Waals surface area contributed by atoms with Crippen molar-refractivity contribution in [1.82, 2.24) is 10.2 Å². The Morgan fingerprint density at radius 1 is 1.00 bits per heavy atom. The number of piperidine rings is 1. The summed E-state index contributed by atoms with van der Waals surface area (Å²) in [5, 5.41) is 3.87. The summed E-state index contributed by atoms with van der Waals surface area (Å²) in [6, 6.07) is 18.3. The molecule has 1 fully saturated rings. The maximum absolute atomic E-state index is 12.2. The van der Waals surface area contributed by atoms with Gasteiger partial charge in [-0.05, 0) is 36.1 Å². The Balaban J connectivity index is 1.41. The van der Waals surface area contributed by atoms with Crippen molar-refractivity contribution in [3.05, 3.63) is 70.7 Å². The molecule has 0 saturated carbocycles. The fourth-order valence-corrected chi connectivity index (χ4v) is 3.27. The van der Waals surface area contributed by atoms with Crippen LogP contribution in [0.4, 0.5) is 0 Å². The quantitative estimate of drug-likeness (QED) is 0.899. The summed E-state index contributed by atoms with van der Waals surface area (Å²) in [5.41, 5.74) is 2.35. The highest BCUT2D eigenvalue weighted by atomic mass is 35.5. The highest BCUT2D eigenvalue weighted by Gasteiger charge is 2.20. The van der Waals surface area contributed by atoms with Crippen molar-refractivity contribution in [3.8, 4) is 0 Å². The summed E-state index contributed by atoms with van der Waals surface area (Å²) in [6.07, 6.45) is 2.44. The van der Waals surface area contributed by atoms with Gasteiger partial charge in [0, 0.05) is 30.7 Å². The molecule has 1 amide bonds. The molecular weight excluding hydrogens is 320 g/mol. The summed E-state index contributed by atoms with van der Waals surface area (Å²) in [7, 11) is 0. The Labute approximate surface area is 148 Å². The van der Waals surface area contributed by atoms with E-state index < -0.39 is 0 Å². The van der Waals surface area contributed by atoms with Gasteiger partial charge in [0.25, 0.3) is 0 Å². The molecule has 1 heterocycles. The van der Waals surface area contributed by atoms with Gasteiger partial charge in [-0.25, -0.2) is 0 Å². The van der Waals surface area contributed by atoms with Crippen LogP contribution in [0.25, 0.3) is 0 Å². The number of nitrogens with zero attached hydrogens (tertiary/aromatic N) is 1. The van der Waals surface area contributed by atoms with Crippen LogP contribution >= 0.6 is 11.6 Å². The predicted molar refractivity (Wildman–Crippen MR) is 98.0 cm³/mol. The Bertz CT molecular complexity index is 649. The van der Waals surface area contributed by atoms with Crippen LogP contribution < -0.4 is 5.32 Å². The molecule has 0 aromatic heterocycles. The van der Waals surface area contributed by atoms with Crippen molar-refractivity contribution < 1.29 is 4.79 Å². The van der Waals surface area contributed by atoms with E-state index in [9.17, 15) is 4.79 Å². The molecule has 1 aliphatic rings. The second kappa shape index (κ2) is 8.32. The maximum Gasteiger partial charge on any atom is 0.224 e. The number of hydrogen-bond acceptors (Lipinski definition) is 2. The van der Waals surface area contributed by atoms with E-state index in [2.05, 4.69) is 34.5 Å². The van der Waals surface area contributed by atoms with Crippen molar-refractivity contribution in [2.75, 3.05) is 13.1 Å². The van der Waals surface area contributed by atoms with Crippen molar-refractivity contribution in [2.45, 2.75) is 31.8 Å². The van der Waals surface area contributed by atoms with E-state index in [1.807, 2.05) is 30.3 Å². The molecule has 0 aliphatic carbocycles. The molecule has 126 valence electrons. The minimum Gasteiger partial charge on any atom is -0.353 e. The third-order valence-electron chi connectivity index (χ3n) is 4.48. The first kappa shape index (κ1) is 17.0. The van der Waals surface area contributed by atoms with E-state index in [-0.39, 0.29) is 11.9 Å². The molecule has 2 aromatic carbocycles. The van der Waals surface area contributed by atoms with E-state index in [1.54, 1.807) is 0 Å². The van der Waals surface area contributed by atoms with Crippen molar-refractivity contribution in [3.63, 3.8) is 0 Å². The third-order valence-corrected chi connectivity index (χ3v) is 4.73. The summed E-state index contributed by atoms with van der Waals surface area (Å²) < 4.78 is 0. The minimum absolute atomic E-state index is 0.0961. The number of nitrogens with one attached hydrogen (secondary N) is 1. The van der Waals surface area contributed by atoms with Crippen LogP contribution in [0.15, 0.2) is 54.6 Å². The molecular formula is C20H23ClN2O. The number of hydrogen-bond donors (Lipinski definition) is 1. The summed E-state index contributed by atoms with van der Waals surface area (Å²) in [5.74, 6) is 0.0961. The molecule has 1 aliphatic heterocycles. The third kappa shape index (κ3) is 5.08. The number of rotatable bonds is 5. The van der Waals surface area contributed by atoms with Gasteiger partial charge in [0.05, 0.1) is 6.42 Å². The minimum atomic E-state index is 0.0961. The molecule has 1 N–H and O–H groups in total. The lowest BCUT2D eigenvalue weighted by Gasteiger charge is -2.32. The first-order valence-corrected chi connectivity index (χ1v) is 8.87. The fourth-order valence-electron chi connectivity index (χ4n) is 3.14. The van der Waals surface area contributed by atoms with E-state index in [1.165, 1.54) is 5.56 Å². The normalized spacial score (nSPS) is 16.0. The topological polar surface area (TPSA) is 32.3 Å². The largest absolute Gasteiger partial charge is 0.353 e. The van der Waals surface area contributed by atoms with Crippen LogP contribution in [0.2, 0.25) is 5.02 Å². The smallest absolute Gasteiger partial charge is 0.224 e. The van der Waals surface area contributed by atoms with Crippen molar-refractivity contribution >= 4 is 17.5 Å². The molecule has 4 heteroatoms. The van der Waals surface area contributed by atoms with Gasteiger partial charge in [-0.1, -0.05) is 54.1 Å². The van der Waals surface area contributed by atoms with Crippen LogP contribution in [0.5, 0.6) is 0 Å². The molecule has 3 rings (SSSR count). The van der Waals surface area contributed by atoms with Gasteiger partial charge in [0.1, 0.15) is 0 Å². The van der Waals surface area contributed by atoms with Crippen LogP contribution in [0.3, 0.4) is 0 Å². The van der Waals surface area contributed by atoms with Crippen LogP contribution in [-0.2, 0) is 17.8 Å². The standard InChI is InChI=1S/C20H23ClN2O/c21-18-8-6-16(7-9-18)14-20(24)22-19-10-12-23(13-11-19)15-17-4-2-1-3-5-17/h1-9,19H,10-15H2,(H,22,24). The Hall–Kier alpha value is -1.84. The van der Waals surface area contributed by atoms with E-state index in [4.69, 9.17) is 11.6 Å². The van der Waals surface area contributed by atoms with Gasteiger partial charge in [0.2, 0.25) is 5.91 Å². The van der Waals surface area contributed by atoms with Crippen LogP contribution in [-0.4, -0.2) is 29.9 Å². The lowest BCUT2D eigenvalue weighted by atomic mass is 10.0. The molecule has 0 unspecified atom stereocenters. The van der Waals surface area contributed by atoms with E-state index >= 15 is 0 Å². The molecule has 3 nitrogen and oxygen atoms in total. The number of benzene rings is 2. The molecule has 0 bridgehead atoms. The molecule has 0 atom stereocenters. The highest BCUT2D eigenvalue weighted by Crippen LogP contribution is 2.14. The second-order valence-electron chi connectivity index (χ2n) is 6.41. The van der Waals surface area contributed by atoms with Crippen LogP contribution in [0, 0.1) is 0 Å². The van der Waals surface area contributed by atoms with E-state index in [0.29, 0.717) is 11.4 Å². The average Bonchev–Trinajstić information content (AvgIpc) is 2.60. The molecule has 0 spiro atoms. The second-order valence-corrected chi connectivity index (χ2v) is 6.84. The zero-order chi connectivity index (χ0) is 16.8. The predicted octanol–water partition coefficient (Wildman–Crippen LogP) is 3.66. The van der Waals surface area contributed by atoms with E-state index in [0.717, 1.165) is 38.0 Å². The van der Waals surface area contributed by atoms with Crippen molar-refractivity contribution in [1.29, 1.82) is 0 Å². The zero-order valence-electron chi connectivity index (χ0n) is 13.7. The van der Waals surface area contributed by atoms with Gasteiger partial charge in [-0.3, -0.25) is 9.69 Å². The van der Waals surface area contributed by atoms with Gasteiger partial charge < -0.3 is 5.32 Å². The van der Waals surface area contributed by atoms with Crippen LogP contribution in [0.1, 0.15) is 24.0 Å². The summed E-state index contributed by atoms with van der Waals surface area (Å²) in [4.78, 5) is 14.6. The molecule has 2 aromatic rings. The first-order chi connectivity index (χ1) is 11.7. The van der Waals surface area contributed by atoms with Gasteiger partial charge in [-0.15, -0.1) is 0 Å². The fraction of sp³-hybridized carbons (Fsp3) is 0.350. The van der Waals surface area contributed by atoms with Gasteiger partial charge in [-0.2, -0.15) is 0 Å². The summed E-state index contributed by atoms with van der Waals surface area (Å²) >= 11 is 5.87. The Kier molecular flexibility index (Phi) is 5.89. The SMILES string of the molecule is O=C(Cc1ccc(Cl)cc1)NC1CCN(Cc2ccccc2)CC1. The average molecular weight is 343 g/mol. The lowest BCUT2D eigenvalue weighted by molar-refractivity contribution is -0.121. The number of amides is 1. The number of halogens is 1. The van der Waals surface area contributed by atoms with Gasteiger partial charge >= 0.3 is 0 Å². The monoisotopic (exact) mass is 342 g/mol. The lowest BCUT2D eigenvalue weighted by Crippen LogP contribution is -2.44.